The van der Waals surface area contributed by atoms with E-state index in [-0.39, 0.29) is 0 Å². The minimum absolute atomic E-state index is 0.719. The van der Waals surface area contributed by atoms with Gasteiger partial charge < -0.3 is 10.2 Å². The zero-order valence-corrected chi connectivity index (χ0v) is 13.9. The molecule has 0 radical (unpaired) electrons. The molecule has 114 valence electrons. The maximum Gasteiger partial charge on any atom is 0.0254 e. The Bertz CT molecular complexity index is 240. The molecule has 0 bridgehead atoms. The van der Waals surface area contributed by atoms with Gasteiger partial charge in [-0.3, -0.25) is 4.90 Å². The number of rotatable bonds is 8. The second-order valence-electron chi connectivity index (χ2n) is 6.96. The van der Waals surface area contributed by atoms with Crippen LogP contribution in [0.4, 0.5) is 0 Å². The van der Waals surface area contributed by atoms with E-state index in [2.05, 4.69) is 56.9 Å². The van der Waals surface area contributed by atoms with Crippen molar-refractivity contribution in [3.63, 3.8) is 0 Å². The molecular formula is C16H35N3. The molecule has 1 fully saturated rings. The van der Waals surface area contributed by atoms with Gasteiger partial charge in [0.05, 0.1) is 0 Å². The molecule has 0 saturated carbocycles. The zero-order valence-electron chi connectivity index (χ0n) is 13.9. The first-order chi connectivity index (χ1) is 8.95. The van der Waals surface area contributed by atoms with E-state index in [9.17, 15) is 0 Å². The number of hydrogen-bond donors (Lipinski definition) is 1. The van der Waals surface area contributed by atoms with Crippen molar-refractivity contribution in [2.45, 2.75) is 52.6 Å². The second-order valence-corrected chi connectivity index (χ2v) is 6.96. The highest BCUT2D eigenvalue weighted by atomic mass is 15.3. The van der Waals surface area contributed by atoms with Crippen LogP contribution in [0.1, 0.15) is 40.5 Å². The minimum Gasteiger partial charge on any atom is -0.315 e. The van der Waals surface area contributed by atoms with Gasteiger partial charge in [-0.05, 0) is 38.9 Å². The highest BCUT2D eigenvalue weighted by Gasteiger charge is 2.34. The largest absolute Gasteiger partial charge is 0.315 e. The summed E-state index contributed by atoms with van der Waals surface area (Å²) < 4.78 is 0. The predicted molar refractivity (Wildman–Crippen MR) is 84.6 cm³/mol. The van der Waals surface area contributed by atoms with E-state index in [1.807, 2.05) is 0 Å². The van der Waals surface area contributed by atoms with Crippen molar-refractivity contribution >= 4 is 0 Å². The maximum atomic E-state index is 3.65. The third kappa shape index (κ3) is 5.41. The van der Waals surface area contributed by atoms with Gasteiger partial charge in [0.15, 0.2) is 0 Å². The molecule has 0 aliphatic carbocycles. The average molecular weight is 269 g/mol. The van der Waals surface area contributed by atoms with E-state index in [0.717, 1.165) is 37.0 Å². The molecule has 1 rings (SSSR count). The van der Waals surface area contributed by atoms with Gasteiger partial charge in [0.25, 0.3) is 0 Å². The van der Waals surface area contributed by atoms with Gasteiger partial charge in [0.2, 0.25) is 0 Å². The Kier molecular flexibility index (Phi) is 7.33. The summed E-state index contributed by atoms with van der Waals surface area (Å²) in [4.78, 5) is 5.11. The van der Waals surface area contributed by atoms with Crippen LogP contribution in [0, 0.1) is 11.8 Å². The molecule has 19 heavy (non-hydrogen) atoms. The number of nitrogens with zero attached hydrogens (tertiary/aromatic N) is 2. The van der Waals surface area contributed by atoms with Crippen LogP contribution in [-0.4, -0.2) is 62.2 Å². The lowest BCUT2D eigenvalue weighted by Gasteiger charge is -2.29. The Morgan fingerprint density at radius 3 is 2.37 bits per heavy atom. The van der Waals surface area contributed by atoms with Crippen molar-refractivity contribution in [2.24, 2.45) is 11.8 Å². The van der Waals surface area contributed by atoms with Crippen LogP contribution in [-0.2, 0) is 0 Å². The summed E-state index contributed by atoms with van der Waals surface area (Å²) >= 11 is 0. The lowest BCUT2D eigenvalue weighted by molar-refractivity contribution is 0.200. The van der Waals surface area contributed by atoms with Crippen molar-refractivity contribution in [1.29, 1.82) is 0 Å². The molecule has 3 atom stereocenters. The molecule has 1 heterocycles. The van der Waals surface area contributed by atoms with Gasteiger partial charge in [-0.15, -0.1) is 0 Å². The first kappa shape index (κ1) is 16.9. The Morgan fingerprint density at radius 2 is 1.89 bits per heavy atom. The van der Waals surface area contributed by atoms with Gasteiger partial charge in [0, 0.05) is 31.7 Å². The topological polar surface area (TPSA) is 18.5 Å². The molecule has 3 nitrogen and oxygen atoms in total. The molecule has 0 aromatic carbocycles. The van der Waals surface area contributed by atoms with E-state index in [4.69, 9.17) is 0 Å². The summed E-state index contributed by atoms with van der Waals surface area (Å²) in [5, 5.41) is 3.65. The fourth-order valence-electron chi connectivity index (χ4n) is 3.24. The second kappa shape index (κ2) is 8.23. The van der Waals surface area contributed by atoms with Crippen LogP contribution in [0.2, 0.25) is 0 Å². The molecule has 0 aromatic rings. The SMILES string of the molecule is CCCC(CNCC(C)C)N1CC(C)C(N(C)C)C1. The monoisotopic (exact) mass is 269 g/mol. The highest BCUT2D eigenvalue weighted by molar-refractivity contribution is 4.90. The third-order valence-electron chi connectivity index (χ3n) is 4.34. The Labute approximate surface area is 120 Å². The van der Waals surface area contributed by atoms with Crippen molar-refractivity contribution in [1.82, 2.24) is 15.1 Å². The van der Waals surface area contributed by atoms with E-state index in [1.54, 1.807) is 0 Å². The summed E-state index contributed by atoms with van der Waals surface area (Å²) in [6, 6.07) is 1.45. The van der Waals surface area contributed by atoms with Gasteiger partial charge >= 0.3 is 0 Å². The van der Waals surface area contributed by atoms with Crippen LogP contribution in [0.25, 0.3) is 0 Å². The number of likely N-dealkylation sites (N-methyl/N-ethyl adjacent to an activating group) is 1. The van der Waals surface area contributed by atoms with Crippen LogP contribution >= 0.6 is 0 Å². The fourth-order valence-corrected chi connectivity index (χ4v) is 3.24. The Balaban J connectivity index is 2.47. The first-order valence-corrected chi connectivity index (χ1v) is 8.06. The molecule has 0 amide bonds. The molecule has 1 aliphatic heterocycles. The molecular weight excluding hydrogens is 234 g/mol. The lowest BCUT2D eigenvalue weighted by Crippen LogP contribution is -2.43. The van der Waals surface area contributed by atoms with Crippen molar-refractivity contribution in [2.75, 3.05) is 40.3 Å². The normalized spacial score (nSPS) is 26.5. The number of likely N-dealkylation sites (tertiary alicyclic amines) is 1. The van der Waals surface area contributed by atoms with Crippen LogP contribution in [0.5, 0.6) is 0 Å². The lowest BCUT2D eigenvalue weighted by atomic mass is 10.1. The van der Waals surface area contributed by atoms with E-state index in [1.165, 1.54) is 25.9 Å². The van der Waals surface area contributed by atoms with Gasteiger partial charge in [-0.1, -0.05) is 34.1 Å². The van der Waals surface area contributed by atoms with Crippen LogP contribution < -0.4 is 5.32 Å². The third-order valence-corrected chi connectivity index (χ3v) is 4.34. The smallest absolute Gasteiger partial charge is 0.0254 e. The standard InChI is InChI=1S/C16H35N3/c1-7-8-15(10-17-9-13(2)3)19-11-14(4)16(12-19)18(5)6/h13-17H,7-12H2,1-6H3. The fraction of sp³-hybridized carbons (Fsp3) is 1.00. The Morgan fingerprint density at radius 1 is 1.21 bits per heavy atom. The van der Waals surface area contributed by atoms with Crippen LogP contribution in [0.15, 0.2) is 0 Å². The molecule has 1 saturated heterocycles. The first-order valence-electron chi connectivity index (χ1n) is 8.06. The quantitative estimate of drug-likeness (QED) is 0.729. The summed E-state index contributed by atoms with van der Waals surface area (Å²) in [6.45, 7) is 14.1. The molecule has 1 N–H and O–H groups in total. The summed E-state index contributed by atoms with van der Waals surface area (Å²) in [5.74, 6) is 1.54. The number of hydrogen-bond acceptors (Lipinski definition) is 3. The van der Waals surface area contributed by atoms with Crippen molar-refractivity contribution in [3.05, 3.63) is 0 Å². The van der Waals surface area contributed by atoms with Crippen molar-refractivity contribution in [3.8, 4) is 0 Å². The molecule has 3 heteroatoms. The zero-order chi connectivity index (χ0) is 14.4. The van der Waals surface area contributed by atoms with Crippen molar-refractivity contribution < 1.29 is 0 Å². The molecule has 3 unspecified atom stereocenters. The Hall–Kier alpha value is -0.120. The minimum atomic E-state index is 0.719. The molecule has 0 spiro atoms. The summed E-state index contributed by atoms with van der Waals surface area (Å²) in [5.41, 5.74) is 0. The van der Waals surface area contributed by atoms with Gasteiger partial charge in [0.1, 0.15) is 0 Å². The average Bonchev–Trinajstić information content (AvgIpc) is 2.70. The summed E-state index contributed by atoms with van der Waals surface area (Å²) in [6.07, 6.45) is 2.60. The summed E-state index contributed by atoms with van der Waals surface area (Å²) in [7, 11) is 4.44. The van der Waals surface area contributed by atoms with Gasteiger partial charge in [-0.2, -0.15) is 0 Å². The van der Waals surface area contributed by atoms with E-state index < -0.39 is 0 Å². The predicted octanol–water partition coefficient (Wildman–Crippen LogP) is 2.28. The van der Waals surface area contributed by atoms with E-state index in [0.29, 0.717) is 0 Å². The molecule has 1 aliphatic rings. The van der Waals surface area contributed by atoms with Crippen LogP contribution in [0.3, 0.4) is 0 Å². The number of nitrogens with one attached hydrogen (secondary N) is 1. The highest BCUT2D eigenvalue weighted by Crippen LogP contribution is 2.23. The van der Waals surface area contributed by atoms with Gasteiger partial charge in [-0.25, -0.2) is 0 Å². The maximum absolute atomic E-state index is 3.65. The van der Waals surface area contributed by atoms with E-state index >= 15 is 0 Å². The molecule has 0 aromatic heterocycles.